The van der Waals surface area contributed by atoms with Gasteiger partial charge in [0.05, 0.1) is 0 Å². The number of nitrogens with zero attached hydrogens (tertiary/aromatic N) is 1. The van der Waals surface area contributed by atoms with Crippen LogP contribution in [0, 0.1) is 11.8 Å². The fourth-order valence-corrected chi connectivity index (χ4v) is 2.72. The molecular weight excluding hydrogens is 250 g/mol. The number of phenolic OH excluding ortho intramolecular Hbond substituents is 1. The number of rotatable bonds is 9. The molecule has 0 saturated heterocycles. The molecule has 0 amide bonds. The fourth-order valence-electron chi connectivity index (χ4n) is 2.72. The van der Waals surface area contributed by atoms with E-state index in [0.717, 1.165) is 29.5 Å². The van der Waals surface area contributed by atoms with E-state index in [2.05, 4.69) is 12.1 Å². The normalized spacial score (nSPS) is 12.3. The zero-order valence-electron chi connectivity index (χ0n) is 13.0. The second-order valence-corrected chi connectivity index (χ2v) is 5.58. The highest BCUT2D eigenvalue weighted by molar-refractivity contribution is 5.45. The van der Waals surface area contributed by atoms with Crippen LogP contribution in [0.25, 0.3) is 0 Å². The topological polar surface area (TPSA) is 49.7 Å². The van der Waals surface area contributed by atoms with Gasteiger partial charge in [0, 0.05) is 0 Å². The lowest BCUT2D eigenvalue weighted by molar-refractivity contribution is 0.468. The van der Waals surface area contributed by atoms with Crippen molar-refractivity contribution in [3.05, 3.63) is 33.7 Å². The monoisotopic (exact) mass is 277 g/mol. The van der Waals surface area contributed by atoms with Crippen LogP contribution in [0.1, 0.15) is 75.1 Å². The number of hydrogen-bond donors (Lipinski definition) is 1. The van der Waals surface area contributed by atoms with Crippen LogP contribution in [0.3, 0.4) is 0 Å². The molecule has 0 fully saturated rings. The lowest BCUT2D eigenvalue weighted by Crippen LogP contribution is -2.01. The first-order chi connectivity index (χ1) is 9.61. The molecule has 0 aliphatic heterocycles. The fraction of sp³-hybridized carbons (Fsp3) is 0.647. The minimum atomic E-state index is -0.391. The maximum absolute atomic E-state index is 10.8. The van der Waals surface area contributed by atoms with Crippen LogP contribution in [-0.4, -0.2) is 5.11 Å². The van der Waals surface area contributed by atoms with Gasteiger partial charge in [0.2, 0.25) is 0 Å². The molecule has 0 bridgehead atoms. The Bertz CT molecular complexity index is 429. The SMILES string of the molecule is CCCCCCCCc1ccc(O)c(C)c1C(C)N=O. The summed E-state index contributed by atoms with van der Waals surface area (Å²) in [7, 11) is 0. The zero-order valence-corrected chi connectivity index (χ0v) is 13.0. The second-order valence-electron chi connectivity index (χ2n) is 5.58. The Hall–Kier alpha value is -1.38. The van der Waals surface area contributed by atoms with Crippen molar-refractivity contribution >= 4 is 0 Å². The number of benzene rings is 1. The van der Waals surface area contributed by atoms with Crippen LogP contribution in [-0.2, 0) is 6.42 Å². The molecule has 112 valence electrons. The third-order valence-electron chi connectivity index (χ3n) is 3.95. The molecule has 3 heteroatoms. The first-order valence-electron chi connectivity index (χ1n) is 7.75. The van der Waals surface area contributed by atoms with E-state index < -0.39 is 6.04 Å². The molecule has 0 aromatic heterocycles. The first kappa shape index (κ1) is 16.7. The highest BCUT2D eigenvalue weighted by Gasteiger charge is 2.16. The Morgan fingerprint density at radius 1 is 1.15 bits per heavy atom. The first-order valence-corrected chi connectivity index (χ1v) is 7.75. The maximum Gasteiger partial charge on any atom is 0.118 e. The van der Waals surface area contributed by atoms with Gasteiger partial charge in [-0.15, -0.1) is 0 Å². The van der Waals surface area contributed by atoms with E-state index in [4.69, 9.17) is 0 Å². The molecule has 0 saturated carbocycles. The third kappa shape index (κ3) is 4.62. The molecule has 0 aliphatic carbocycles. The predicted octanol–water partition coefficient (Wildman–Crippen LogP) is 5.43. The van der Waals surface area contributed by atoms with Gasteiger partial charge < -0.3 is 5.11 Å². The van der Waals surface area contributed by atoms with Gasteiger partial charge >= 0.3 is 0 Å². The highest BCUT2D eigenvalue weighted by atomic mass is 16.3. The van der Waals surface area contributed by atoms with Crippen molar-refractivity contribution in [2.45, 2.75) is 71.8 Å². The summed E-state index contributed by atoms with van der Waals surface area (Å²) >= 11 is 0. The summed E-state index contributed by atoms with van der Waals surface area (Å²) < 4.78 is 0. The van der Waals surface area contributed by atoms with E-state index in [1.54, 1.807) is 13.0 Å². The van der Waals surface area contributed by atoms with Crippen molar-refractivity contribution in [2.75, 3.05) is 0 Å². The molecule has 0 spiro atoms. The van der Waals surface area contributed by atoms with Crippen LogP contribution in [0.15, 0.2) is 17.3 Å². The molecule has 1 N–H and O–H groups in total. The molecule has 1 aromatic rings. The van der Waals surface area contributed by atoms with Crippen molar-refractivity contribution in [3.63, 3.8) is 0 Å². The standard InChI is InChI=1S/C17H27NO2/c1-4-5-6-7-8-9-10-15-11-12-16(19)13(2)17(15)14(3)18-20/h11-12,14,19H,4-10H2,1-3H3. The van der Waals surface area contributed by atoms with Crippen LogP contribution in [0.5, 0.6) is 5.75 Å². The largest absolute Gasteiger partial charge is 0.508 e. The molecule has 0 radical (unpaired) electrons. The van der Waals surface area contributed by atoms with Gasteiger partial charge in [-0.05, 0) is 49.4 Å². The molecule has 20 heavy (non-hydrogen) atoms. The van der Waals surface area contributed by atoms with Crippen LogP contribution >= 0.6 is 0 Å². The van der Waals surface area contributed by atoms with Crippen LogP contribution in [0.4, 0.5) is 0 Å². The summed E-state index contributed by atoms with van der Waals surface area (Å²) in [6.07, 6.45) is 8.49. The summed E-state index contributed by atoms with van der Waals surface area (Å²) in [4.78, 5) is 10.8. The van der Waals surface area contributed by atoms with Gasteiger partial charge in [-0.3, -0.25) is 0 Å². The highest BCUT2D eigenvalue weighted by Crippen LogP contribution is 2.31. The number of hydrogen-bond acceptors (Lipinski definition) is 3. The average molecular weight is 277 g/mol. The van der Waals surface area contributed by atoms with E-state index in [1.807, 2.05) is 13.0 Å². The third-order valence-corrected chi connectivity index (χ3v) is 3.95. The Labute approximate surface area is 122 Å². The maximum atomic E-state index is 10.8. The van der Waals surface area contributed by atoms with Gasteiger partial charge in [0.25, 0.3) is 0 Å². The molecule has 1 aromatic carbocycles. The van der Waals surface area contributed by atoms with Crippen molar-refractivity contribution in [1.29, 1.82) is 0 Å². The second kappa shape index (κ2) is 8.72. The summed E-state index contributed by atoms with van der Waals surface area (Å²) in [6, 6.07) is 3.27. The van der Waals surface area contributed by atoms with E-state index in [-0.39, 0.29) is 5.75 Å². The number of phenols is 1. The summed E-state index contributed by atoms with van der Waals surface area (Å²) in [5, 5.41) is 12.9. The van der Waals surface area contributed by atoms with Crippen molar-refractivity contribution in [2.24, 2.45) is 5.18 Å². The van der Waals surface area contributed by atoms with Crippen molar-refractivity contribution < 1.29 is 5.11 Å². The van der Waals surface area contributed by atoms with Gasteiger partial charge in [0.15, 0.2) is 0 Å². The van der Waals surface area contributed by atoms with E-state index in [1.165, 1.54) is 32.1 Å². The smallest absolute Gasteiger partial charge is 0.118 e. The minimum absolute atomic E-state index is 0.252. The van der Waals surface area contributed by atoms with E-state index in [0.29, 0.717) is 0 Å². The van der Waals surface area contributed by atoms with Gasteiger partial charge in [0.1, 0.15) is 11.8 Å². The Balaban J connectivity index is 2.65. The molecule has 1 unspecified atom stereocenters. The Morgan fingerprint density at radius 2 is 1.80 bits per heavy atom. The number of aryl methyl sites for hydroxylation is 1. The summed E-state index contributed by atoms with van der Waals surface area (Å²) in [5.74, 6) is 0.252. The van der Waals surface area contributed by atoms with Crippen molar-refractivity contribution in [1.82, 2.24) is 0 Å². The van der Waals surface area contributed by atoms with Gasteiger partial charge in [-0.25, -0.2) is 0 Å². The Morgan fingerprint density at radius 3 is 2.45 bits per heavy atom. The summed E-state index contributed by atoms with van der Waals surface area (Å²) in [5.41, 5.74) is 2.86. The quantitative estimate of drug-likeness (QED) is 0.483. The van der Waals surface area contributed by atoms with Gasteiger partial charge in [-0.1, -0.05) is 50.3 Å². The van der Waals surface area contributed by atoms with E-state index in [9.17, 15) is 10.0 Å². The molecule has 0 aliphatic rings. The molecule has 0 heterocycles. The van der Waals surface area contributed by atoms with Gasteiger partial charge in [-0.2, -0.15) is 4.91 Å². The summed E-state index contributed by atoms with van der Waals surface area (Å²) in [6.45, 7) is 5.87. The Kier molecular flexibility index (Phi) is 7.27. The molecular formula is C17H27NO2. The number of unbranched alkanes of at least 4 members (excludes halogenated alkanes) is 5. The van der Waals surface area contributed by atoms with E-state index >= 15 is 0 Å². The molecule has 1 rings (SSSR count). The zero-order chi connectivity index (χ0) is 15.0. The average Bonchev–Trinajstić information content (AvgIpc) is 2.45. The van der Waals surface area contributed by atoms with Crippen LogP contribution in [0.2, 0.25) is 0 Å². The molecule has 1 atom stereocenters. The molecule has 3 nitrogen and oxygen atoms in total. The predicted molar refractivity (Wildman–Crippen MR) is 84.1 cm³/mol. The lowest BCUT2D eigenvalue weighted by atomic mass is 9.92. The number of aromatic hydroxyl groups is 1. The van der Waals surface area contributed by atoms with Crippen molar-refractivity contribution in [3.8, 4) is 5.75 Å². The lowest BCUT2D eigenvalue weighted by Gasteiger charge is -2.15. The number of nitroso groups, excluding NO2 is 1. The minimum Gasteiger partial charge on any atom is -0.508 e. The van der Waals surface area contributed by atoms with Crippen LogP contribution < -0.4 is 0 Å².